The summed E-state index contributed by atoms with van der Waals surface area (Å²) in [6.07, 6.45) is 1.97. The summed E-state index contributed by atoms with van der Waals surface area (Å²) in [6.45, 7) is 6.36. The zero-order valence-electron chi connectivity index (χ0n) is 19.0. The molecular formula is C22H29N5O5S. The van der Waals surface area contributed by atoms with Crippen LogP contribution in [0.25, 0.3) is 16.9 Å². The maximum Gasteiger partial charge on any atom is 0.277 e. The number of nitrogens with one attached hydrogen (secondary N) is 1. The monoisotopic (exact) mass is 475 g/mol. The molecule has 0 saturated carbocycles. The fourth-order valence-electron chi connectivity index (χ4n) is 4.17. The zero-order valence-corrected chi connectivity index (χ0v) is 19.9. The number of hydrogen-bond acceptors (Lipinski definition) is 7. The molecule has 1 unspecified atom stereocenters. The number of benzene rings is 1. The third-order valence-electron chi connectivity index (χ3n) is 5.72. The number of aryl methyl sites for hydroxylation is 2. The molecule has 1 saturated heterocycles. The molecule has 1 aliphatic heterocycles. The van der Waals surface area contributed by atoms with E-state index >= 15 is 0 Å². The molecule has 1 aliphatic rings. The summed E-state index contributed by atoms with van der Waals surface area (Å²) in [5, 5.41) is 14.6. The Morgan fingerprint density at radius 2 is 2.09 bits per heavy atom. The van der Waals surface area contributed by atoms with Crippen LogP contribution in [0.2, 0.25) is 0 Å². The topological polar surface area (TPSA) is 130 Å². The predicted molar refractivity (Wildman–Crippen MR) is 123 cm³/mol. The first-order valence-electron chi connectivity index (χ1n) is 11.2. The normalized spacial score (nSPS) is 17.5. The number of ether oxygens (including phenoxy) is 1. The molecule has 2 N–H and O–H groups in total. The van der Waals surface area contributed by atoms with Gasteiger partial charge in [-0.05, 0) is 51.3 Å². The van der Waals surface area contributed by atoms with Crippen LogP contribution in [0, 0.1) is 6.92 Å². The largest absolute Gasteiger partial charge is 0.493 e. The molecule has 0 aliphatic carbocycles. The summed E-state index contributed by atoms with van der Waals surface area (Å²) >= 11 is 0. The Morgan fingerprint density at radius 3 is 2.79 bits per heavy atom. The maximum atomic E-state index is 13.3. The Hall–Kier alpha value is -2.76. The van der Waals surface area contributed by atoms with Gasteiger partial charge in [0.2, 0.25) is 10.0 Å². The van der Waals surface area contributed by atoms with Crippen molar-refractivity contribution in [2.75, 3.05) is 19.7 Å². The molecule has 2 aromatic heterocycles. The van der Waals surface area contributed by atoms with Crippen molar-refractivity contribution in [3.05, 3.63) is 40.1 Å². The molecule has 4 rings (SSSR count). The lowest BCUT2D eigenvalue weighted by Crippen LogP contribution is -2.42. The Kier molecular flexibility index (Phi) is 6.55. The highest BCUT2D eigenvalue weighted by atomic mass is 32.2. The van der Waals surface area contributed by atoms with E-state index < -0.39 is 16.1 Å². The van der Waals surface area contributed by atoms with Crippen molar-refractivity contribution in [3.63, 3.8) is 0 Å². The van der Waals surface area contributed by atoms with Gasteiger partial charge in [-0.25, -0.2) is 17.9 Å². The van der Waals surface area contributed by atoms with Crippen molar-refractivity contribution < 1.29 is 18.3 Å². The quantitative estimate of drug-likeness (QED) is 0.534. The number of hydrogen-bond donors (Lipinski definition) is 2. The van der Waals surface area contributed by atoms with Crippen molar-refractivity contribution >= 4 is 15.5 Å². The molecule has 0 amide bonds. The van der Waals surface area contributed by atoms with Gasteiger partial charge in [-0.3, -0.25) is 4.79 Å². The minimum absolute atomic E-state index is 0.0494. The first kappa shape index (κ1) is 23.4. The lowest BCUT2D eigenvalue weighted by Gasteiger charge is -2.29. The highest BCUT2D eigenvalue weighted by molar-refractivity contribution is 7.89. The van der Waals surface area contributed by atoms with Gasteiger partial charge in [0, 0.05) is 19.5 Å². The van der Waals surface area contributed by atoms with Crippen molar-refractivity contribution in [2.45, 2.75) is 57.5 Å². The number of sulfonamides is 1. The molecule has 10 nitrogen and oxygen atoms in total. The number of rotatable bonds is 7. The van der Waals surface area contributed by atoms with Gasteiger partial charge in [-0.1, -0.05) is 6.92 Å². The van der Waals surface area contributed by atoms with E-state index in [2.05, 4.69) is 15.1 Å². The Bertz CT molecular complexity index is 1330. The standard InChI is InChI=1S/C22H29N5O5S/c1-4-7-19-23-14(3)20-22(29)24-21(25-27(19)20)17-12-16(9-10-18(17)32-5-2)33(30,31)26-11-6-8-15(28)13-26/h9-10,12,15,28H,4-8,11,13H2,1-3H3,(H,24,25,29). The molecule has 3 heterocycles. The lowest BCUT2D eigenvalue weighted by atomic mass is 10.1. The highest BCUT2D eigenvalue weighted by Crippen LogP contribution is 2.32. The second kappa shape index (κ2) is 9.24. The number of H-pyrrole nitrogens is 1. The average Bonchev–Trinajstić information content (AvgIpc) is 3.10. The third-order valence-corrected chi connectivity index (χ3v) is 7.58. The second-order valence-corrected chi connectivity index (χ2v) is 10.1. The maximum absolute atomic E-state index is 13.3. The van der Waals surface area contributed by atoms with Gasteiger partial charge in [-0.2, -0.15) is 4.31 Å². The van der Waals surface area contributed by atoms with Crippen LogP contribution in [0.1, 0.15) is 44.6 Å². The van der Waals surface area contributed by atoms with Crippen LogP contribution in [-0.4, -0.2) is 63.2 Å². The Labute approximate surface area is 192 Å². The molecule has 1 fully saturated rings. The second-order valence-electron chi connectivity index (χ2n) is 8.18. The van der Waals surface area contributed by atoms with E-state index in [0.29, 0.717) is 60.8 Å². The van der Waals surface area contributed by atoms with Crippen LogP contribution in [0.5, 0.6) is 5.75 Å². The summed E-state index contributed by atoms with van der Waals surface area (Å²) in [7, 11) is -3.84. The number of aromatic nitrogens is 4. The van der Waals surface area contributed by atoms with Gasteiger partial charge in [0.05, 0.1) is 28.9 Å². The molecule has 33 heavy (non-hydrogen) atoms. The summed E-state index contributed by atoms with van der Waals surface area (Å²) in [6, 6.07) is 4.52. The van der Waals surface area contributed by atoms with Crippen LogP contribution in [0.4, 0.5) is 0 Å². The molecule has 0 radical (unpaired) electrons. The van der Waals surface area contributed by atoms with E-state index in [1.165, 1.54) is 21.0 Å². The number of aliphatic hydroxyl groups is 1. The van der Waals surface area contributed by atoms with Crippen LogP contribution in [0.3, 0.4) is 0 Å². The lowest BCUT2D eigenvalue weighted by molar-refractivity contribution is 0.108. The highest BCUT2D eigenvalue weighted by Gasteiger charge is 2.30. The van der Waals surface area contributed by atoms with Gasteiger partial charge in [0.25, 0.3) is 5.56 Å². The number of aromatic amines is 1. The Morgan fingerprint density at radius 1 is 1.30 bits per heavy atom. The number of fused-ring (bicyclic) bond motifs is 1. The molecule has 1 atom stereocenters. The third kappa shape index (κ3) is 4.40. The first-order valence-corrected chi connectivity index (χ1v) is 12.6. The molecular weight excluding hydrogens is 446 g/mol. The van der Waals surface area contributed by atoms with Crippen LogP contribution in [-0.2, 0) is 16.4 Å². The molecule has 1 aromatic carbocycles. The summed E-state index contributed by atoms with van der Waals surface area (Å²) in [5.74, 6) is 1.27. The van der Waals surface area contributed by atoms with Crippen LogP contribution < -0.4 is 10.3 Å². The van der Waals surface area contributed by atoms with E-state index in [1.807, 2.05) is 13.8 Å². The minimum atomic E-state index is -3.84. The fourth-order valence-corrected chi connectivity index (χ4v) is 5.71. The van der Waals surface area contributed by atoms with E-state index in [-0.39, 0.29) is 22.8 Å². The molecule has 11 heteroatoms. The average molecular weight is 476 g/mol. The van der Waals surface area contributed by atoms with Gasteiger partial charge >= 0.3 is 0 Å². The van der Waals surface area contributed by atoms with Gasteiger partial charge < -0.3 is 14.8 Å². The van der Waals surface area contributed by atoms with Crippen LogP contribution >= 0.6 is 0 Å². The van der Waals surface area contributed by atoms with Crippen molar-refractivity contribution in [1.29, 1.82) is 0 Å². The van der Waals surface area contributed by atoms with Crippen molar-refractivity contribution in [1.82, 2.24) is 23.9 Å². The fraction of sp³-hybridized carbons (Fsp3) is 0.500. The van der Waals surface area contributed by atoms with E-state index in [1.54, 1.807) is 13.0 Å². The Balaban J connectivity index is 1.87. The first-order chi connectivity index (χ1) is 15.8. The van der Waals surface area contributed by atoms with E-state index in [4.69, 9.17) is 4.74 Å². The number of aliphatic hydroxyl groups excluding tert-OH is 1. The SMILES string of the molecule is CCCc1nc(C)c2c(=O)[nH]c(-c3cc(S(=O)(=O)N4CCCC(O)C4)ccc3OCC)nn12. The minimum Gasteiger partial charge on any atom is -0.493 e. The van der Waals surface area contributed by atoms with E-state index in [9.17, 15) is 18.3 Å². The number of β-amino-alcohol motifs (C(OH)–C–C–N with tert-alkyl or cyclic N) is 1. The van der Waals surface area contributed by atoms with Crippen LogP contribution in [0.15, 0.2) is 27.9 Å². The zero-order chi connectivity index (χ0) is 23.8. The molecule has 0 bridgehead atoms. The van der Waals surface area contributed by atoms with Gasteiger partial charge in [0.15, 0.2) is 11.3 Å². The summed E-state index contributed by atoms with van der Waals surface area (Å²) < 4.78 is 35.1. The van der Waals surface area contributed by atoms with Crippen molar-refractivity contribution in [3.8, 4) is 17.1 Å². The predicted octanol–water partition coefficient (Wildman–Crippen LogP) is 1.89. The smallest absolute Gasteiger partial charge is 0.277 e. The molecule has 0 spiro atoms. The van der Waals surface area contributed by atoms with E-state index in [0.717, 1.165) is 6.42 Å². The van der Waals surface area contributed by atoms with Gasteiger partial charge in [-0.15, -0.1) is 5.10 Å². The number of piperidine rings is 1. The molecule has 178 valence electrons. The number of nitrogens with zero attached hydrogens (tertiary/aromatic N) is 4. The summed E-state index contributed by atoms with van der Waals surface area (Å²) in [5.41, 5.74) is 0.959. The van der Waals surface area contributed by atoms with Gasteiger partial charge in [0.1, 0.15) is 11.6 Å². The molecule has 3 aromatic rings. The summed E-state index contributed by atoms with van der Waals surface area (Å²) in [4.78, 5) is 20.2. The van der Waals surface area contributed by atoms with Crippen molar-refractivity contribution in [2.24, 2.45) is 0 Å². The number of imidazole rings is 1.